The number of allylic oxidation sites excluding steroid dienone is 8. The van der Waals surface area contributed by atoms with Crippen molar-refractivity contribution in [2.45, 2.75) is 212 Å². The van der Waals surface area contributed by atoms with E-state index in [-0.39, 0.29) is 12.2 Å². The van der Waals surface area contributed by atoms with Crippen LogP contribution in [0, 0.1) is 0 Å². The number of hydrogen-bond acceptors (Lipinski definition) is 4. The summed E-state index contributed by atoms with van der Waals surface area (Å²) in [7, 11) is 4.22. The highest BCUT2D eigenvalue weighted by molar-refractivity contribution is 4.93. The van der Waals surface area contributed by atoms with Crippen molar-refractivity contribution in [3.8, 4) is 0 Å². The van der Waals surface area contributed by atoms with Gasteiger partial charge in [0.1, 0.15) is 0 Å². The van der Waals surface area contributed by atoms with Gasteiger partial charge in [-0.1, -0.05) is 152 Å². The topological polar surface area (TPSA) is 30.9 Å². The van der Waals surface area contributed by atoms with Crippen LogP contribution < -0.4 is 0 Å². The third kappa shape index (κ3) is 30.2. The Hall–Kier alpha value is -1.20. The van der Waals surface area contributed by atoms with E-state index in [0.717, 1.165) is 38.6 Å². The third-order valence-corrected chi connectivity index (χ3v) is 9.64. The summed E-state index contributed by atoms with van der Waals surface area (Å²) >= 11 is 0. The highest BCUT2D eigenvalue weighted by atomic mass is 16.9. The molecule has 0 N–H and O–H groups in total. The molecule has 0 radical (unpaired) electrons. The van der Waals surface area contributed by atoms with E-state index in [4.69, 9.17) is 14.2 Å². The van der Waals surface area contributed by atoms with Crippen LogP contribution in [0.4, 0.5) is 0 Å². The lowest BCUT2D eigenvalue weighted by Gasteiger charge is -2.29. The van der Waals surface area contributed by atoms with Crippen molar-refractivity contribution in [3.05, 3.63) is 48.6 Å². The molecule has 0 aromatic rings. The van der Waals surface area contributed by atoms with E-state index >= 15 is 0 Å². The van der Waals surface area contributed by atoms with Gasteiger partial charge in [0.2, 0.25) is 0 Å². The standard InChI is InChI=1S/C45H83NO3/c1-6-8-10-12-14-16-18-20-22-24-26-28-30-32-34-36-38-43(48-45(3)47-42-44(49-45)40-41-46(4)5)39-37-35-33-31-29-27-25-23-21-19-17-15-13-11-9-7-2/h14-17,20-23,43-44H,6-13,18-19,24-42H2,1-5H3/b16-14-,17-15-,22-20-,23-21-. The summed E-state index contributed by atoms with van der Waals surface area (Å²) in [6.45, 7) is 8.17. The number of nitrogens with zero attached hydrogens (tertiary/aromatic N) is 1. The molecule has 0 aromatic heterocycles. The number of hydrogen-bond donors (Lipinski definition) is 0. The maximum Gasteiger partial charge on any atom is 0.280 e. The van der Waals surface area contributed by atoms with Crippen molar-refractivity contribution >= 4 is 0 Å². The Morgan fingerprint density at radius 1 is 0.592 bits per heavy atom. The van der Waals surface area contributed by atoms with Crippen LogP contribution in [0.5, 0.6) is 0 Å². The van der Waals surface area contributed by atoms with Gasteiger partial charge in [-0.15, -0.1) is 0 Å². The monoisotopic (exact) mass is 686 g/mol. The molecule has 4 heteroatoms. The lowest BCUT2D eigenvalue weighted by molar-refractivity contribution is -0.343. The molecule has 2 atom stereocenters. The molecule has 2 unspecified atom stereocenters. The second kappa shape index (κ2) is 33.9. The minimum absolute atomic E-state index is 0.122. The average Bonchev–Trinajstić information content (AvgIpc) is 3.46. The number of unbranched alkanes of at least 4 members (excludes halogenated alkanes) is 18. The van der Waals surface area contributed by atoms with Crippen LogP contribution in [-0.2, 0) is 14.2 Å². The Bertz CT molecular complexity index is 770. The predicted octanol–water partition coefficient (Wildman–Crippen LogP) is 13.8. The van der Waals surface area contributed by atoms with Gasteiger partial charge in [-0.25, -0.2) is 0 Å². The Morgan fingerprint density at radius 3 is 1.43 bits per heavy atom. The van der Waals surface area contributed by atoms with Gasteiger partial charge in [-0.3, -0.25) is 0 Å². The molecule has 4 nitrogen and oxygen atoms in total. The molecule has 0 aliphatic carbocycles. The fourth-order valence-corrected chi connectivity index (χ4v) is 6.51. The predicted molar refractivity (Wildman–Crippen MR) is 215 cm³/mol. The van der Waals surface area contributed by atoms with Crippen molar-refractivity contribution in [1.82, 2.24) is 4.90 Å². The maximum atomic E-state index is 6.60. The molecule has 0 aromatic carbocycles. The van der Waals surface area contributed by atoms with E-state index in [1.165, 1.54) is 141 Å². The molecular weight excluding hydrogens is 602 g/mol. The van der Waals surface area contributed by atoms with E-state index in [0.29, 0.717) is 6.61 Å². The Balaban J connectivity index is 2.24. The molecule has 1 heterocycles. The highest BCUT2D eigenvalue weighted by Crippen LogP contribution is 2.30. The quantitative estimate of drug-likeness (QED) is 0.0491. The summed E-state index contributed by atoms with van der Waals surface area (Å²) < 4.78 is 19.0. The fourth-order valence-electron chi connectivity index (χ4n) is 6.51. The fraction of sp³-hybridized carbons (Fsp3) is 0.822. The zero-order chi connectivity index (χ0) is 35.5. The molecule has 1 fully saturated rings. The van der Waals surface area contributed by atoms with Gasteiger partial charge in [0.05, 0.1) is 18.8 Å². The molecule has 0 bridgehead atoms. The lowest BCUT2D eigenvalue weighted by Crippen LogP contribution is -2.35. The molecule has 1 rings (SSSR count). The number of ether oxygens (including phenoxy) is 3. The van der Waals surface area contributed by atoms with E-state index in [2.05, 4.69) is 81.5 Å². The smallest absolute Gasteiger partial charge is 0.280 e. The van der Waals surface area contributed by atoms with Gasteiger partial charge in [-0.05, 0) is 97.6 Å². The molecule has 0 spiro atoms. The molecule has 1 saturated heterocycles. The summed E-state index contributed by atoms with van der Waals surface area (Å²) in [4.78, 5) is 2.21. The lowest BCUT2D eigenvalue weighted by atomic mass is 10.0. The third-order valence-electron chi connectivity index (χ3n) is 9.64. The van der Waals surface area contributed by atoms with Gasteiger partial charge in [0, 0.05) is 13.5 Å². The molecule has 49 heavy (non-hydrogen) atoms. The van der Waals surface area contributed by atoms with Crippen LogP contribution in [0.1, 0.15) is 194 Å². The zero-order valence-electron chi connectivity index (χ0n) is 33.5. The second-order valence-electron chi connectivity index (χ2n) is 15.0. The average molecular weight is 686 g/mol. The second-order valence-corrected chi connectivity index (χ2v) is 15.0. The zero-order valence-corrected chi connectivity index (χ0v) is 33.5. The van der Waals surface area contributed by atoms with Gasteiger partial charge in [0.15, 0.2) is 0 Å². The molecule has 0 amide bonds. The summed E-state index contributed by atoms with van der Waals surface area (Å²) in [6.07, 6.45) is 53.2. The maximum absolute atomic E-state index is 6.60. The first-order valence-corrected chi connectivity index (χ1v) is 21.2. The van der Waals surface area contributed by atoms with Crippen LogP contribution >= 0.6 is 0 Å². The highest BCUT2D eigenvalue weighted by Gasteiger charge is 2.40. The van der Waals surface area contributed by atoms with Crippen molar-refractivity contribution in [3.63, 3.8) is 0 Å². The summed E-state index contributed by atoms with van der Waals surface area (Å²) in [5.41, 5.74) is 0. The van der Waals surface area contributed by atoms with E-state index in [1.807, 2.05) is 6.92 Å². The van der Waals surface area contributed by atoms with Crippen LogP contribution in [0.15, 0.2) is 48.6 Å². The molecular formula is C45H83NO3. The Kier molecular flexibility index (Phi) is 31.7. The van der Waals surface area contributed by atoms with Gasteiger partial charge in [0.25, 0.3) is 5.97 Å². The summed E-state index contributed by atoms with van der Waals surface area (Å²) in [6, 6.07) is 0. The van der Waals surface area contributed by atoms with E-state index in [9.17, 15) is 0 Å². The molecule has 286 valence electrons. The van der Waals surface area contributed by atoms with Crippen molar-refractivity contribution in [2.75, 3.05) is 27.2 Å². The van der Waals surface area contributed by atoms with Crippen LogP contribution in [0.25, 0.3) is 0 Å². The summed E-state index contributed by atoms with van der Waals surface area (Å²) in [5.74, 6) is -0.891. The van der Waals surface area contributed by atoms with Crippen LogP contribution in [0.2, 0.25) is 0 Å². The van der Waals surface area contributed by atoms with Crippen molar-refractivity contribution in [1.29, 1.82) is 0 Å². The minimum atomic E-state index is -0.891. The Morgan fingerprint density at radius 2 is 1.00 bits per heavy atom. The normalized spacial score (nSPS) is 18.7. The van der Waals surface area contributed by atoms with Crippen LogP contribution in [-0.4, -0.2) is 50.3 Å². The Labute approximate surface area is 306 Å². The largest absolute Gasteiger partial charge is 0.325 e. The molecule has 0 saturated carbocycles. The first kappa shape index (κ1) is 45.8. The molecule has 1 aliphatic heterocycles. The van der Waals surface area contributed by atoms with Crippen LogP contribution in [0.3, 0.4) is 0 Å². The summed E-state index contributed by atoms with van der Waals surface area (Å²) in [5, 5.41) is 0. The SMILES string of the molecule is CCCCC/C=C\C/C=C\CCCCCCCCC(CCCCCCCC/C=C\C/C=C\CCCCC)OC1(C)OCC(CCN(C)C)O1. The van der Waals surface area contributed by atoms with E-state index < -0.39 is 5.97 Å². The first-order valence-electron chi connectivity index (χ1n) is 21.2. The van der Waals surface area contributed by atoms with Crippen molar-refractivity contribution in [2.24, 2.45) is 0 Å². The van der Waals surface area contributed by atoms with E-state index in [1.54, 1.807) is 0 Å². The van der Waals surface area contributed by atoms with Gasteiger partial charge < -0.3 is 19.1 Å². The van der Waals surface area contributed by atoms with Crippen molar-refractivity contribution < 1.29 is 14.2 Å². The van der Waals surface area contributed by atoms with Gasteiger partial charge in [-0.2, -0.15) is 0 Å². The minimum Gasteiger partial charge on any atom is -0.325 e. The number of rotatable bonds is 35. The molecule has 1 aliphatic rings. The van der Waals surface area contributed by atoms with Gasteiger partial charge >= 0.3 is 0 Å². The first-order chi connectivity index (χ1) is 24.0.